The van der Waals surface area contributed by atoms with Gasteiger partial charge in [0.1, 0.15) is 23.9 Å². The third kappa shape index (κ3) is 5.11. The van der Waals surface area contributed by atoms with E-state index in [1.807, 2.05) is 12.1 Å². The van der Waals surface area contributed by atoms with E-state index in [0.717, 1.165) is 0 Å². The quantitative estimate of drug-likeness (QED) is 0.212. The topological polar surface area (TPSA) is 83.0 Å². The number of aromatic nitrogens is 1. The van der Waals surface area contributed by atoms with Crippen LogP contribution in [0.5, 0.6) is 5.75 Å². The molecule has 0 spiro atoms. The predicted molar refractivity (Wildman–Crippen MR) is 152 cm³/mol. The number of esters is 1. The fraction of sp³-hybridized carbons (Fsp3) is 0.138. The van der Waals surface area contributed by atoms with Crippen molar-refractivity contribution in [3.63, 3.8) is 0 Å². The standard InChI is InChI=1S/C29H22Cl2N2O5S/c1-4-14-37-28(35)24-16(2)32-29-33(26(24)17-8-10-18(36-3)11-9-17)27(34)23(39-29)15-19-12-13-22(38-19)20-6-5-7-21(30)25(20)31/h4-13,15,26H,1,14H2,2-3H3/b23-15-/t26-/m0/s1. The molecule has 3 heterocycles. The predicted octanol–water partition coefficient (Wildman–Crippen LogP) is 5.54. The zero-order chi connectivity index (χ0) is 27.7. The number of hydrogen-bond donors (Lipinski definition) is 0. The van der Waals surface area contributed by atoms with Gasteiger partial charge in [0.25, 0.3) is 5.56 Å². The van der Waals surface area contributed by atoms with Crippen molar-refractivity contribution in [3.8, 4) is 17.1 Å². The summed E-state index contributed by atoms with van der Waals surface area (Å²) in [5, 5.41) is 0.794. The third-order valence-electron chi connectivity index (χ3n) is 6.12. The fourth-order valence-electron chi connectivity index (χ4n) is 4.30. The summed E-state index contributed by atoms with van der Waals surface area (Å²) in [5.74, 6) is 1.05. The average molecular weight is 581 g/mol. The monoisotopic (exact) mass is 580 g/mol. The summed E-state index contributed by atoms with van der Waals surface area (Å²) in [6.07, 6.45) is 3.13. The van der Waals surface area contributed by atoms with Gasteiger partial charge >= 0.3 is 5.97 Å². The van der Waals surface area contributed by atoms with E-state index >= 15 is 0 Å². The maximum absolute atomic E-state index is 13.8. The SMILES string of the molecule is C=CCOC(=O)C1=C(C)N=c2s/c(=C\c3ccc(-c4cccc(Cl)c4Cl)o3)c(=O)n2[C@H]1c1ccc(OC)cc1. The van der Waals surface area contributed by atoms with Crippen LogP contribution in [0.3, 0.4) is 0 Å². The lowest BCUT2D eigenvalue weighted by molar-refractivity contribution is -0.138. The average Bonchev–Trinajstić information content (AvgIpc) is 3.52. The number of thiazole rings is 1. The normalized spacial score (nSPS) is 15.1. The van der Waals surface area contributed by atoms with E-state index in [0.29, 0.717) is 53.5 Å². The van der Waals surface area contributed by atoms with E-state index in [9.17, 15) is 9.59 Å². The van der Waals surface area contributed by atoms with Crippen LogP contribution in [0, 0.1) is 0 Å². The van der Waals surface area contributed by atoms with Crippen LogP contribution in [-0.2, 0) is 9.53 Å². The molecule has 0 fully saturated rings. The van der Waals surface area contributed by atoms with E-state index in [1.54, 1.807) is 62.6 Å². The van der Waals surface area contributed by atoms with Crippen LogP contribution in [-0.4, -0.2) is 24.3 Å². The third-order valence-corrected chi connectivity index (χ3v) is 7.92. The van der Waals surface area contributed by atoms with Crippen molar-refractivity contribution in [3.05, 3.63) is 120 Å². The van der Waals surface area contributed by atoms with Gasteiger partial charge in [-0.2, -0.15) is 0 Å². The van der Waals surface area contributed by atoms with Gasteiger partial charge in [-0.3, -0.25) is 9.36 Å². The number of rotatable bonds is 7. The summed E-state index contributed by atoms with van der Waals surface area (Å²) < 4.78 is 18.5. The minimum absolute atomic E-state index is 0.0346. The molecule has 198 valence electrons. The second-order valence-corrected chi connectivity index (χ2v) is 10.3. The molecule has 1 aliphatic heterocycles. The van der Waals surface area contributed by atoms with Crippen LogP contribution >= 0.6 is 34.5 Å². The Kier molecular flexibility index (Phi) is 7.61. The van der Waals surface area contributed by atoms with Crippen molar-refractivity contribution in [1.82, 2.24) is 4.57 Å². The zero-order valence-electron chi connectivity index (χ0n) is 20.9. The van der Waals surface area contributed by atoms with Gasteiger partial charge in [0, 0.05) is 11.6 Å². The van der Waals surface area contributed by atoms with E-state index in [2.05, 4.69) is 11.6 Å². The molecule has 5 rings (SSSR count). The second kappa shape index (κ2) is 11.1. The highest BCUT2D eigenvalue weighted by Gasteiger charge is 2.33. The van der Waals surface area contributed by atoms with Crippen molar-refractivity contribution in [2.75, 3.05) is 13.7 Å². The number of ether oxygens (including phenoxy) is 2. The van der Waals surface area contributed by atoms with Crippen molar-refractivity contribution in [1.29, 1.82) is 0 Å². The molecule has 0 bridgehead atoms. The number of nitrogens with zero attached hydrogens (tertiary/aromatic N) is 2. The van der Waals surface area contributed by atoms with Crippen LogP contribution in [0.25, 0.3) is 17.4 Å². The molecule has 39 heavy (non-hydrogen) atoms. The Labute approximate surface area is 237 Å². The molecule has 0 radical (unpaired) electrons. The molecular formula is C29H22Cl2N2O5S. The van der Waals surface area contributed by atoms with Gasteiger partial charge in [-0.15, -0.1) is 0 Å². The van der Waals surface area contributed by atoms with Crippen LogP contribution in [0.15, 0.2) is 92.7 Å². The van der Waals surface area contributed by atoms with Gasteiger partial charge in [0.05, 0.1) is 39.0 Å². The Morgan fingerprint density at radius 2 is 1.95 bits per heavy atom. The summed E-state index contributed by atoms with van der Waals surface area (Å²) in [6.45, 7) is 5.37. The molecule has 2 aromatic heterocycles. The van der Waals surface area contributed by atoms with E-state index < -0.39 is 12.0 Å². The first-order valence-electron chi connectivity index (χ1n) is 11.8. The van der Waals surface area contributed by atoms with Crippen LogP contribution in [0.4, 0.5) is 0 Å². The Morgan fingerprint density at radius 1 is 1.18 bits per heavy atom. The number of halogens is 2. The minimum atomic E-state index is -0.746. The summed E-state index contributed by atoms with van der Waals surface area (Å²) in [5.41, 5.74) is 1.77. The lowest BCUT2D eigenvalue weighted by Crippen LogP contribution is -2.39. The Bertz CT molecular complexity index is 1800. The smallest absolute Gasteiger partial charge is 0.338 e. The number of carbonyl (C=O) groups excluding carboxylic acids is 1. The molecule has 7 nitrogen and oxygen atoms in total. The molecule has 0 unspecified atom stereocenters. The van der Waals surface area contributed by atoms with E-state index in [-0.39, 0.29) is 17.7 Å². The van der Waals surface area contributed by atoms with Gasteiger partial charge in [-0.1, -0.05) is 65.4 Å². The highest BCUT2D eigenvalue weighted by atomic mass is 35.5. The van der Waals surface area contributed by atoms with Gasteiger partial charge in [0.2, 0.25) is 0 Å². The number of carbonyl (C=O) groups is 1. The largest absolute Gasteiger partial charge is 0.497 e. The number of methoxy groups -OCH3 is 1. The highest BCUT2D eigenvalue weighted by molar-refractivity contribution is 7.07. The molecule has 0 saturated heterocycles. The number of furan rings is 1. The molecule has 0 amide bonds. The van der Waals surface area contributed by atoms with Crippen LogP contribution in [0.1, 0.15) is 24.3 Å². The summed E-state index contributed by atoms with van der Waals surface area (Å²) in [4.78, 5) is 31.9. The van der Waals surface area contributed by atoms with Crippen molar-refractivity contribution < 1.29 is 18.7 Å². The molecule has 0 saturated carbocycles. The second-order valence-electron chi connectivity index (χ2n) is 8.55. The molecular weight excluding hydrogens is 559 g/mol. The molecule has 4 aromatic rings. The van der Waals surface area contributed by atoms with Gasteiger partial charge in [0.15, 0.2) is 4.80 Å². The number of benzene rings is 2. The molecule has 0 N–H and O–H groups in total. The van der Waals surface area contributed by atoms with Gasteiger partial charge in [-0.25, -0.2) is 9.79 Å². The molecule has 1 atom stereocenters. The first-order valence-corrected chi connectivity index (χ1v) is 13.4. The number of fused-ring (bicyclic) bond motifs is 1. The molecule has 1 aliphatic rings. The maximum atomic E-state index is 13.8. The molecule has 0 aliphatic carbocycles. The summed E-state index contributed by atoms with van der Waals surface area (Å²) >= 11 is 13.7. The fourth-order valence-corrected chi connectivity index (χ4v) is 5.72. The van der Waals surface area contributed by atoms with E-state index in [4.69, 9.17) is 37.1 Å². The summed E-state index contributed by atoms with van der Waals surface area (Å²) in [7, 11) is 1.57. The lowest BCUT2D eigenvalue weighted by Gasteiger charge is -2.24. The first-order chi connectivity index (χ1) is 18.8. The van der Waals surface area contributed by atoms with Crippen LogP contribution < -0.4 is 19.6 Å². The van der Waals surface area contributed by atoms with Crippen molar-refractivity contribution in [2.45, 2.75) is 13.0 Å². The lowest BCUT2D eigenvalue weighted by atomic mass is 9.96. The first kappa shape index (κ1) is 26.7. The Hall–Kier alpha value is -3.85. The molecule has 10 heteroatoms. The van der Waals surface area contributed by atoms with Crippen molar-refractivity contribution in [2.24, 2.45) is 4.99 Å². The number of hydrogen-bond acceptors (Lipinski definition) is 7. The number of allylic oxidation sites excluding steroid dienone is 1. The highest BCUT2D eigenvalue weighted by Crippen LogP contribution is 2.35. The Morgan fingerprint density at radius 3 is 2.67 bits per heavy atom. The molecule has 2 aromatic carbocycles. The zero-order valence-corrected chi connectivity index (χ0v) is 23.3. The van der Waals surface area contributed by atoms with Gasteiger partial charge in [-0.05, 0) is 48.9 Å². The van der Waals surface area contributed by atoms with Gasteiger partial charge < -0.3 is 13.9 Å². The van der Waals surface area contributed by atoms with Crippen molar-refractivity contribution >= 4 is 46.6 Å². The van der Waals surface area contributed by atoms with E-state index in [1.165, 1.54) is 22.0 Å². The van der Waals surface area contributed by atoms with Crippen LogP contribution in [0.2, 0.25) is 10.0 Å². The summed E-state index contributed by atoms with van der Waals surface area (Å²) in [6, 6.07) is 15.2. The maximum Gasteiger partial charge on any atom is 0.338 e. The minimum Gasteiger partial charge on any atom is -0.497 e. The Balaban J connectivity index is 1.63.